The lowest BCUT2D eigenvalue weighted by Gasteiger charge is -2.40. The van der Waals surface area contributed by atoms with Crippen molar-refractivity contribution in [1.82, 2.24) is 14.7 Å². The third kappa shape index (κ3) is 8.24. The summed E-state index contributed by atoms with van der Waals surface area (Å²) in [5, 5.41) is 13.1. The van der Waals surface area contributed by atoms with Gasteiger partial charge in [0.15, 0.2) is 0 Å². The summed E-state index contributed by atoms with van der Waals surface area (Å²) in [6.45, 7) is 16.3. The average molecular weight is 553 g/mol. The van der Waals surface area contributed by atoms with Crippen LogP contribution in [-0.2, 0) is 14.3 Å². The van der Waals surface area contributed by atoms with Crippen LogP contribution in [-0.4, -0.2) is 95.3 Å². The smallest absolute Gasteiger partial charge is 0.329 e. The van der Waals surface area contributed by atoms with Gasteiger partial charge < -0.3 is 14.8 Å². The first-order chi connectivity index (χ1) is 18.6. The van der Waals surface area contributed by atoms with Crippen LogP contribution in [0.1, 0.15) is 112 Å². The van der Waals surface area contributed by atoms with Gasteiger partial charge in [-0.1, -0.05) is 53.9 Å². The van der Waals surface area contributed by atoms with Crippen LogP contribution in [0, 0.1) is 10.6 Å². The average Bonchev–Trinajstić information content (AvgIpc) is 3.41. The minimum Gasteiger partial charge on any atom is -0.624 e. The number of nitrogens with zero attached hydrogens (tertiary/aromatic N) is 4. The molecule has 1 atom stereocenters. The lowest BCUT2D eigenvalue weighted by atomic mass is 9.75. The molecule has 2 saturated heterocycles. The van der Waals surface area contributed by atoms with E-state index in [1.807, 2.05) is 18.7 Å². The molecule has 0 aromatic heterocycles. The molecule has 2 fully saturated rings. The summed E-state index contributed by atoms with van der Waals surface area (Å²) in [5.74, 6) is -0.262. The summed E-state index contributed by atoms with van der Waals surface area (Å²) >= 11 is 0. The van der Waals surface area contributed by atoms with E-state index in [1.165, 1.54) is 0 Å². The number of carbonyl (C=O) groups is 3. The van der Waals surface area contributed by atoms with E-state index in [1.54, 1.807) is 9.80 Å². The Kier molecular flexibility index (Phi) is 13.3. The van der Waals surface area contributed by atoms with Crippen LogP contribution in [0.4, 0.5) is 4.79 Å². The van der Waals surface area contributed by atoms with E-state index < -0.39 is 10.2 Å². The van der Waals surface area contributed by atoms with Crippen LogP contribution in [0.3, 0.4) is 0 Å². The van der Waals surface area contributed by atoms with E-state index in [4.69, 9.17) is 4.74 Å². The van der Waals surface area contributed by atoms with E-state index >= 15 is 0 Å². The van der Waals surface area contributed by atoms with E-state index in [0.29, 0.717) is 26.4 Å². The Hall–Kier alpha value is -1.55. The summed E-state index contributed by atoms with van der Waals surface area (Å²) < 4.78 is 5.25. The summed E-state index contributed by atoms with van der Waals surface area (Å²) in [4.78, 5) is 42.9. The first-order valence-electron chi connectivity index (χ1n) is 15.6. The molecule has 226 valence electrons. The second kappa shape index (κ2) is 15.5. The predicted molar refractivity (Wildman–Crippen MR) is 155 cm³/mol. The zero-order valence-electron chi connectivity index (χ0n) is 25.8. The minimum absolute atomic E-state index is 0.0702. The minimum atomic E-state index is -0.688. The maximum atomic E-state index is 13.1. The van der Waals surface area contributed by atoms with E-state index in [0.717, 1.165) is 83.8 Å². The van der Waals surface area contributed by atoms with Crippen molar-refractivity contribution in [2.24, 2.45) is 5.41 Å². The molecular weight excluding hydrogens is 496 g/mol. The molecule has 2 aliphatic heterocycles. The van der Waals surface area contributed by atoms with E-state index in [9.17, 15) is 19.6 Å². The largest absolute Gasteiger partial charge is 0.624 e. The highest BCUT2D eigenvalue weighted by atomic mass is 16.6. The molecule has 2 rings (SSSR count). The molecule has 0 radical (unpaired) electrons. The van der Waals surface area contributed by atoms with Crippen molar-refractivity contribution in [2.45, 2.75) is 118 Å². The SMILES string of the molecule is CCN1CC(=O)[N+]([O-])(CCC(CC)(CC)CCCCOCCCCC(CC)(CC)N2C(=O)CN(CC)C2=O)C1. The van der Waals surface area contributed by atoms with Gasteiger partial charge in [0, 0.05) is 32.7 Å². The molecule has 0 aliphatic carbocycles. The number of hydroxylamine groups is 3. The van der Waals surface area contributed by atoms with Crippen LogP contribution in [0.5, 0.6) is 0 Å². The van der Waals surface area contributed by atoms with Crippen LogP contribution in [0.15, 0.2) is 0 Å². The predicted octanol–water partition coefficient (Wildman–Crippen LogP) is 5.52. The Morgan fingerprint density at radius 2 is 1.41 bits per heavy atom. The fourth-order valence-corrected chi connectivity index (χ4v) is 6.44. The van der Waals surface area contributed by atoms with Crippen molar-refractivity contribution in [3.63, 3.8) is 0 Å². The summed E-state index contributed by atoms with van der Waals surface area (Å²) in [6, 6.07) is -0.139. The maximum Gasteiger partial charge on any atom is 0.329 e. The van der Waals surface area contributed by atoms with Gasteiger partial charge in [-0.25, -0.2) is 14.5 Å². The molecule has 0 aromatic carbocycles. The van der Waals surface area contributed by atoms with Gasteiger partial charge in [0.25, 0.3) is 5.91 Å². The summed E-state index contributed by atoms with van der Waals surface area (Å²) in [7, 11) is 0. The fraction of sp³-hybridized carbons (Fsp3) is 0.900. The third-order valence-corrected chi connectivity index (χ3v) is 9.83. The van der Waals surface area contributed by atoms with Crippen LogP contribution in [0.2, 0.25) is 0 Å². The monoisotopic (exact) mass is 552 g/mol. The normalized spacial score (nSPS) is 21.2. The highest BCUT2D eigenvalue weighted by Gasteiger charge is 2.46. The molecule has 0 bridgehead atoms. The summed E-state index contributed by atoms with van der Waals surface area (Å²) in [6.07, 6.45) is 10.1. The number of amides is 4. The molecule has 0 saturated carbocycles. The van der Waals surface area contributed by atoms with Crippen molar-refractivity contribution in [1.29, 1.82) is 0 Å². The molecule has 2 aliphatic rings. The number of carbonyl (C=O) groups excluding carboxylic acids is 3. The van der Waals surface area contributed by atoms with Gasteiger partial charge in [-0.05, 0) is 57.3 Å². The second-order valence-corrected chi connectivity index (χ2v) is 11.7. The van der Waals surface area contributed by atoms with Gasteiger partial charge in [-0.2, -0.15) is 0 Å². The highest BCUT2D eigenvalue weighted by Crippen LogP contribution is 2.38. The number of quaternary nitrogens is 1. The quantitative estimate of drug-likeness (QED) is 0.0855. The third-order valence-electron chi connectivity index (χ3n) is 9.83. The van der Waals surface area contributed by atoms with Gasteiger partial charge in [0.05, 0.1) is 12.1 Å². The first kappa shape index (κ1) is 33.7. The molecule has 4 amide bonds. The molecule has 0 N–H and O–H groups in total. The van der Waals surface area contributed by atoms with E-state index in [2.05, 4.69) is 27.7 Å². The Bertz CT molecular complexity index is 798. The molecule has 2 heterocycles. The number of ether oxygens (including phenoxy) is 1. The van der Waals surface area contributed by atoms with Crippen LogP contribution in [0.25, 0.3) is 0 Å². The zero-order valence-corrected chi connectivity index (χ0v) is 25.8. The lowest BCUT2D eigenvalue weighted by Crippen LogP contribution is -2.51. The van der Waals surface area contributed by atoms with Crippen LogP contribution < -0.4 is 0 Å². The number of likely N-dealkylation sites (N-methyl/N-ethyl adjacent to an activating group) is 2. The number of unbranched alkanes of at least 4 members (excludes halogenated alkanes) is 2. The standard InChI is InChI=1S/C30H56N4O5/c1-7-29(8-2,19-20-34(38)25-31(11-5)24-27(34)36)17-13-15-21-39-22-16-14-18-30(9-3,10-4)33-26(35)23-32(12-6)28(33)37/h7-25H2,1-6H3. The van der Waals surface area contributed by atoms with Crippen molar-refractivity contribution in [3.8, 4) is 0 Å². The van der Waals surface area contributed by atoms with Crippen molar-refractivity contribution < 1.29 is 23.8 Å². The van der Waals surface area contributed by atoms with Gasteiger partial charge >= 0.3 is 11.9 Å². The molecule has 0 aromatic rings. The fourth-order valence-electron chi connectivity index (χ4n) is 6.44. The molecule has 9 heteroatoms. The summed E-state index contributed by atoms with van der Waals surface area (Å²) in [5.41, 5.74) is -0.294. The van der Waals surface area contributed by atoms with Gasteiger partial charge in [0.2, 0.25) is 0 Å². The molecule has 39 heavy (non-hydrogen) atoms. The first-order valence-corrected chi connectivity index (χ1v) is 15.6. The van der Waals surface area contributed by atoms with Gasteiger partial charge in [0.1, 0.15) is 19.8 Å². The molecule has 0 spiro atoms. The number of hydrogen-bond acceptors (Lipinski definition) is 6. The van der Waals surface area contributed by atoms with Crippen molar-refractivity contribution in [2.75, 3.05) is 52.6 Å². The van der Waals surface area contributed by atoms with Gasteiger partial charge in [-0.15, -0.1) is 0 Å². The van der Waals surface area contributed by atoms with E-state index in [-0.39, 0.29) is 36.3 Å². The molecule has 9 nitrogen and oxygen atoms in total. The lowest BCUT2D eigenvalue weighted by molar-refractivity contribution is -0.804. The van der Waals surface area contributed by atoms with Crippen LogP contribution >= 0.6 is 0 Å². The maximum absolute atomic E-state index is 13.1. The van der Waals surface area contributed by atoms with Crippen molar-refractivity contribution in [3.05, 3.63) is 5.21 Å². The molecular formula is C30H56N4O5. The zero-order chi connectivity index (χ0) is 29.1. The van der Waals surface area contributed by atoms with Crippen molar-refractivity contribution >= 4 is 17.8 Å². The highest BCUT2D eigenvalue weighted by molar-refractivity contribution is 6.02. The Balaban J connectivity index is 1.70. The number of hydrogen-bond donors (Lipinski definition) is 0. The second-order valence-electron chi connectivity index (χ2n) is 11.7. The topological polar surface area (TPSA) is 93.2 Å². The Morgan fingerprint density at radius 3 is 1.90 bits per heavy atom. The Labute approximate surface area is 237 Å². The Morgan fingerprint density at radius 1 is 0.795 bits per heavy atom. The number of imide groups is 1. The molecule has 1 unspecified atom stereocenters. The number of urea groups is 1. The number of rotatable bonds is 20. The van der Waals surface area contributed by atoms with Gasteiger partial charge in [-0.3, -0.25) is 14.3 Å².